The standard InChI is InChI=1S/C21H19FN2O4S2/c1-23(11-17(26)13-6-8-15(25)9-7-13)19(27)12-24-20(28)18(30-21(24)29)10-14-4-2-3-5-16(14)22/h2-10,17,25-26H,11-12H2,1H3/b18-10-/t17-/m1/s1. The Morgan fingerprint density at radius 3 is 2.60 bits per heavy atom. The fourth-order valence-electron chi connectivity index (χ4n) is 2.79. The van der Waals surface area contributed by atoms with Crippen molar-refractivity contribution in [3.05, 3.63) is 70.4 Å². The van der Waals surface area contributed by atoms with Crippen LogP contribution in [-0.4, -0.2) is 56.3 Å². The third kappa shape index (κ3) is 5.05. The molecule has 1 aliphatic rings. The molecule has 6 nitrogen and oxygen atoms in total. The Kier molecular flexibility index (Phi) is 6.86. The van der Waals surface area contributed by atoms with E-state index >= 15 is 0 Å². The normalized spacial score (nSPS) is 16.2. The van der Waals surface area contributed by atoms with Crippen molar-refractivity contribution in [1.29, 1.82) is 0 Å². The smallest absolute Gasteiger partial charge is 0.266 e. The Hall–Kier alpha value is -2.75. The predicted octanol–water partition coefficient (Wildman–Crippen LogP) is 2.92. The van der Waals surface area contributed by atoms with Crippen LogP contribution in [0.1, 0.15) is 17.2 Å². The van der Waals surface area contributed by atoms with E-state index < -0.39 is 23.7 Å². The molecule has 2 aromatic rings. The largest absolute Gasteiger partial charge is 0.508 e. The van der Waals surface area contributed by atoms with Crippen LogP contribution in [0.25, 0.3) is 6.08 Å². The van der Waals surface area contributed by atoms with Gasteiger partial charge in [0, 0.05) is 12.6 Å². The lowest BCUT2D eigenvalue weighted by atomic mass is 10.1. The minimum atomic E-state index is -0.952. The van der Waals surface area contributed by atoms with Gasteiger partial charge in [-0.2, -0.15) is 0 Å². The average molecular weight is 447 g/mol. The first-order valence-corrected chi connectivity index (χ1v) is 10.2. The van der Waals surface area contributed by atoms with Gasteiger partial charge in [0.05, 0.1) is 17.6 Å². The van der Waals surface area contributed by atoms with Gasteiger partial charge in [0.1, 0.15) is 22.4 Å². The number of nitrogens with zero attached hydrogens (tertiary/aromatic N) is 2. The number of thioether (sulfide) groups is 1. The number of carbonyl (C=O) groups excluding carboxylic acids is 2. The van der Waals surface area contributed by atoms with E-state index in [4.69, 9.17) is 12.2 Å². The molecule has 0 spiro atoms. The Bertz CT molecular complexity index is 1010. The third-order valence-electron chi connectivity index (χ3n) is 4.51. The van der Waals surface area contributed by atoms with Crippen LogP contribution in [0.15, 0.2) is 53.4 Å². The zero-order valence-corrected chi connectivity index (χ0v) is 17.6. The van der Waals surface area contributed by atoms with Crippen LogP contribution < -0.4 is 0 Å². The molecule has 2 amide bonds. The van der Waals surface area contributed by atoms with Crippen molar-refractivity contribution < 1.29 is 24.2 Å². The fourth-order valence-corrected chi connectivity index (χ4v) is 4.03. The minimum absolute atomic E-state index is 0.00344. The third-order valence-corrected chi connectivity index (χ3v) is 5.89. The van der Waals surface area contributed by atoms with Crippen LogP contribution >= 0.6 is 24.0 Å². The van der Waals surface area contributed by atoms with Crippen molar-refractivity contribution in [3.63, 3.8) is 0 Å². The molecule has 0 bridgehead atoms. The maximum Gasteiger partial charge on any atom is 0.266 e. The lowest BCUT2D eigenvalue weighted by Crippen LogP contribution is -2.41. The summed E-state index contributed by atoms with van der Waals surface area (Å²) in [5, 5.41) is 19.6. The first-order valence-electron chi connectivity index (χ1n) is 8.97. The van der Waals surface area contributed by atoms with E-state index in [1.165, 1.54) is 41.1 Å². The molecular weight excluding hydrogens is 427 g/mol. The number of thiocarbonyl (C=S) groups is 1. The van der Waals surface area contributed by atoms with Crippen molar-refractivity contribution >= 4 is 46.2 Å². The van der Waals surface area contributed by atoms with Gasteiger partial charge in [-0.1, -0.05) is 54.3 Å². The quantitative estimate of drug-likeness (QED) is 0.525. The van der Waals surface area contributed by atoms with Crippen LogP contribution in [-0.2, 0) is 9.59 Å². The number of hydrogen-bond donors (Lipinski definition) is 2. The van der Waals surface area contributed by atoms with E-state index in [0.29, 0.717) is 5.56 Å². The number of benzene rings is 2. The first kappa shape index (κ1) is 21.9. The van der Waals surface area contributed by atoms with Gasteiger partial charge in [0.25, 0.3) is 5.91 Å². The van der Waals surface area contributed by atoms with E-state index in [2.05, 4.69) is 0 Å². The summed E-state index contributed by atoms with van der Waals surface area (Å²) in [5.74, 6) is -1.25. The van der Waals surface area contributed by atoms with Crippen LogP contribution in [0.3, 0.4) is 0 Å². The summed E-state index contributed by atoms with van der Waals surface area (Å²) in [7, 11) is 1.51. The topological polar surface area (TPSA) is 81.1 Å². The summed E-state index contributed by atoms with van der Waals surface area (Å²) in [5.41, 5.74) is 0.810. The maximum atomic E-state index is 13.9. The van der Waals surface area contributed by atoms with Gasteiger partial charge >= 0.3 is 0 Å². The fraction of sp³-hybridized carbons (Fsp3) is 0.190. The van der Waals surface area contributed by atoms with E-state index in [9.17, 15) is 24.2 Å². The number of phenols is 1. The van der Waals surface area contributed by atoms with Crippen LogP contribution in [0.4, 0.5) is 4.39 Å². The Morgan fingerprint density at radius 1 is 1.27 bits per heavy atom. The molecule has 0 aromatic heterocycles. The highest BCUT2D eigenvalue weighted by Gasteiger charge is 2.34. The molecule has 1 heterocycles. The van der Waals surface area contributed by atoms with Crippen LogP contribution in [0.2, 0.25) is 0 Å². The molecule has 1 atom stereocenters. The highest BCUT2D eigenvalue weighted by Crippen LogP contribution is 2.33. The highest BCUT2D eigenvalue weighted by atomic mass is 32.2. The Balaban J connectivity index is 1.64. The molecule has 9 heteroatoms. The van der Waals surface area contributed by atoms with Gasteiger partial charge < -0.3 is 15.1 Å². The summed E-state index contributed by atoms with van der Waals surface area (Å²) in [6, 6.07) is 12.1. The molecule has 30 heavy (non-hydrogen) atoms. The van der Waals surface area contributed by atoms with E-state index in [0.717, 1.165) is 11.8 Å². The van der Waals surface area contributed by atoms with Gasteiger partial charge in [-0.15, -0.1) is 0 Å². The maximum absolute atomic E-state index is 13.9. The van der Waals surface area contributed by atoms with Crippen LogP contribution in [0.5, 0.6) is 5.75 Å². The monoisotopic (exact) mass is 446 g/mol. The highest BCUT2D eigenvalue weighted by molar-refractivity contribution is 8.26. The number of carbonyl (C=O) groups is 2. The summed E-state index contributed by atoms with van der Waals surface area (Å²) in [6.07, 6.45) is 0.462. The van der Waals surface area contributed by atoms with Crippen molar-refractivity contribution in [2.45, 2.75) is 6.10 Å². The molecule has 3 rings (SSSR count). The molecule has 1 saturated heterocycles. The molecule has 156 valence electrons. The zero-order chi connectivity index (χ0) is 21.8. The van der Waals surface area contributed by atoms with Crippen molar-refractivity contribution in [1.82, 2.24) is 9.80 Å². The van der Waals surface area contributed by atoms with Gasteiger partial charge in [0.2, 0.25) is 5.91 Å². The Morgan fingerprint density at radius 2 is 1.93 bits per heavy atom. The molecule has 1 fully saturated rings. The van der Waals surface area contributed by atoms with E-state index in [-0.39, 0.29) is 33.6 Å². The second-order valence-corrected chi connectivity index (χ2v) is 8.35. The van der Waals surface area contributed by atoms with Crippen LogP contribution in [0, 0.1) is 5.82 Å². The SMILES string of the molecule is CN(C[C@@H](O)c1ccc(O)cc1)C(=O)CN1C(=O)/C(=C/c2ccccc2F)SC1=S. The molecule has 2 N–H and O–H groups in total. The van der Waals surface area contributed by atoms with Gasteiger partial charge in [0.15, 0.2) is 0 Å². The summed E-state index contributed by atoms with van der Waals surface area (Å²) < 4.78 is 14.1. The molecular formula is C21H19FN2O4S2. The Labute approximate surface area is 182 Å². The number of aliphatic hydroxyl groups is 1. The number of hydrogen-bond acceptors (Lipinski definition) is 6. The molecule has 2 aromatic carbocycles. The van der Waals surface area contributed by atoms with Gasteiger partial charge in [-0.25, -0.2) is 4.39 Å². The number of aromatic hydroxyl groups is 1. The van der Waals surface area contributed by atoms with E-state index in [1.807, 2.05) is 0 Å². The second kappa shape index (κ2) is 9.38. The lowest BCUT2D eigenvalue weighted by molar-refractivity contribution is -0.135. The average Bonchev–Trinajstić information content (AvgIpc) is 2.97. The lowest BCUT2D eigenvalue weighted by Gasteiger charge is -2.23. The molecule has 0 radical (unpaired) electrons. The number of halogens is 1. The number of likely N-dealkylation sites (N-methyl/N-ethyl adjacent to an activating group) is 1. The molecule has 1 aliphatic heterocycles. The van der Waals surface area contributed by atoms with Gasteiger partial charge in [-0.05, 0) is 29.8 Å². The molecule has 0 saturated carbocycles. The van der Waals surface area contributed by atoms with Crippen molar-refractivity contribution in [2.75, 3.05) is 20.1 Å². The van der Waals surface area contributed by atoms with Crippen molar-refractivity contribution in [2.24, 2.45) is 0 Å². The second-order valence-electron chi connectivity index (χ2n) is 6.67. The molecule has 0 unspecified atom stereocenters. The van der Waals surface area contributed by atoms with Crippen molar-refractivity contribution in [3.8, 4) is 5.75 Å². The number of aliphatic hydroxyl groups excluding tert-OH is 1. The summed E-state index contributed by atoms with van der Waals surface area (Å²) in [6.45, 7) is -0.276. The van der Waals surface area contributed by atoms with E-state index in [1.54, 1.807) is 30.3 Å². The summed E-state index contributed by atoms with van der Waals surface area (Å²) >= 11 is 6.22. The number of phenolic OH excluding ortho intramolecular Hbond substituents is 1. The summed E-state index contributed by atoms with van der Waals surface area (Å²) in [4.78, 5) is 27.9. The number of amides is 2. The predicted molar refractivity (Wildman–Crippen MR) is 117 cm³/mol. The zero-order valence-electron chi connectivity index (χ0n) is 16.0. The first-order chi connectivity index (χ1) is 14.3. The minimum Gasteiger partial charge on any atom is -0.508 e. The number of rotatable bonds is 6. The molecule has 0 aliphatic carbocycles. The van der Waals surface area contributed by atoms with Gasteiger partial charge in [-0.3, -0.25) is 14.5 Å².